The highest BCUT2D eigenvalue weighted by molar-refractivity contribution is 6.22. The number of hydrogen-bond acceptors (Lipinski definition) is 4. The third-order valence-corrected chi connectivity index (χ3v) is 4.77. The molecule has 4 rings (SSSR count). The van der Waals surface area contributed by atoms with Crippen LogP contribution in [0.1, 0.15) is 6.42 Å². The monoisotopic (exact) mass is 284 g/mol. The second-order valence-corrected chi connectivity index (χ2v) is 5.79. The Labute approximate surface area is 120 Å². The third kappa shape index (κ3) is 1.53. The summed E-state index contributed by atoms with van der Waals surface area (Å²) in [5.74, 6) is -0.733. The van der Waals surface area contributed by atoms with Crippen LogP contribution >= 0.6 is 0 Å². The molecule has 2 amide bonds. The molecule has 21 heavy (non-hydrogen) atoms. The van der Waals surface area contributed by atoms with Crippen LogP contribution < -0.4 is 4.90 Å². The average Bonchev–Trinajstić information content (AvgIpc) is 3.13. The van der Waals surface area contributed by atoms with E-state index >= 15 is 0 Å². The summed E-state index contributed by atoms with van der Waals surface area (Å²) >= 11 is 0. The van der Waals surface area contributed by atoms with Crippen LogP contribution in [-0.2, 0) is 9.59 Å². The maximum Gasteiger partial charge on any atom is 0.271 e. The minimum absolute atomic E-state index is 0.119. The fraction of sp³-hybridized carbons (Fsp3) is 0.333. The highest BCUT2D eigenvalue weighted by Gasteiger charge is 2.59. The molecular weight excluding hydrogens is 272 g/mol. The van der Waals surface area contributed by atoms with Gasteiger partial charge in [-0.1, -0.05) is 18.2 Å². The van der Waals surface area contributed by atoms with Gasteiger partial charge in [0.1, 0.15) is 0 Å². The number of carbonyl (C=O) groups is 2. The van der Waals surface area contributed by atoms with Crippen molar-refractivity contribution in [1.82, 2.24) is 0 Å². The number of carbonyl (C=O) groups excluding carboxylic acids is 2. The van der Waals surface area contributed by atoms with Crippen LogP contribution in [0.3, 0.4) is 0 Å². The van der Waals surface area contributed by atoms with E-state index in [2.05, 4.69) is 0 Å². The smallest absolute Gasteiger partial charge is 0.271 e. The molecule has 2 fully saturated rings. The van der Waals surface area contributed by atoms with Gasteiger partial charge in [-0.15, -0.1) is 0 Å². The molecule has 0 N–H and O–H groups in total. The van der Waals surface area contributed by atoms with Gasteiger partial charge in [-0.2, -0.15) is 0 Å². The number of anilines is 1. The number of allylic oxidation sites excluding steroid dienone is 2. The molecule has 0 aromatic heterocycles. The Morgan fingerprint density at radius 2 is 1.71 bits per heavy atom. The second kappa shape index (κ2) is 4.00. The molecule has 0 spiro atoms. The van der Waals surface area contributed by atoms with Gasteiger partial charge in [-0.05, 0) is 24.3 Å². The van der Waals surface area contributed by atoms with Crippen molar-refractivity contribution < 1.29 is 14.5 Å². The van der Waals surface area contributed by atoms with E-state index in [1.54, 1.807) is 6.07 Å². The van der Waals surface area contributed by atoms with Crippen LogP contribution in [0.2, 0.25) is 0 Å². The second-order valence-electron chi connectivity index (χ2n) is 5.79. The minimum atomic E-state index is -0.527. The van der Waals surface area contributed by atoms with E-state index in [0.717, 1.165) is 11.3 Å². The van der Waals surface area contributed by atoms with Crippen molar-refractivity contribution in [1.29, 1.82) is 0 Å². The van der Waals surface area contributed by atoms with Crippen molar-refractivity contribution in [2.24, 2.45) is 23.7 Å². The molecule has 1 saturated heterocycles. The van der Waals surface area contributed by atoms with E-state index in [1.165, 1.54) is 18.2 Å². The summed E-state index contributed by atoms with van der Waals surface area (Å²) in [6.45, 7) is 0. The van der Waals surface area contributed by atoms with Crippen molar-refractivity contribution in [3.63, 3.8) is 0 Å². The lowest BCUT2D eigenvalue weighted by Gasteiger charge is -2.16. The number of fused-ring (bicyclic) bond motifs is 5. The highest BCUT2D eigenvalue weighted by Crippen LogP contribution is 2.53. The fourth-order valence-electron chi connectivity index (χ4n) is 3.90. The van der Waals surface area contributed by atoms with Gasteiger partial charge in [-0.3, -0.25) is 19.7 Å². The van der Waals surface area contributed by atoms with Crippen molar-refractivity contribution in [3.05, 3.63) is 46.5 Å². The number of amides is 2. The zero-order chi connectivity index (χ0) is 14.7. The number of nitro benzene ring substituents is 1. The molecule has 0 unspecified atom stereocenters. The van der Waals surface area contributed by atoms with Crippen LogP contribution in [0.15, 0.2) is 36.4 Å². The SMILES string of the molecule is O=C1[C@@H]2[C@H](C(=O)N1c1cccc([N+](=O)[O-])c1)[C@H]1C=C[C@@H]2C1. The van der Waals surface area contributed by atoms with Crippen LogP contribution in [0, 0.1) is 33.8 Å². The van der Waals surface area contributed by atoms with E-state index in [-0.39, 0.29) is 41.2 Å². The predicted molar refractivity (Wildman–Crippen MR) is 73.3 cm³/mol. The Morgan fingerprint density at radius 1 is 1.10 bits per heavy atom. The normalized spacial score (nSPS) is 32.9. The molecule has 2 aliphatic carbocycles. The van der Waals surface area contributed by atoms with Gasteiger partial charge in [0.2, 0.25) is 11.8 Å². The van der Waals surface area contributed by atoms with E-state index < -0.39 is 4.92 Å². The largest absolute Gasteiger partial charge is 0.274 e. The van der Waals surface area contributed by atoms with Crippen molar-refractivity contribution in [2.75, 3.05) is 4.90 Å². The maximum absolute atomic E-state index is 12.6. The lowest BCUT2D eigenvalue weighted by molar-refractivity contribution is -0.384. The zero-order valence-electron chi connectivity index (χ0n) is 11.0. The number of benzene rings is 1. The van der Waals surface area contributed by atoms with Crippen LogP contribution in [0.25, 0.3) is 0 Å². The molecule has 4 atom stereocenters. The topological polar surface area (TPSA) is 80.5 Å². The Hall–Kier alpha value is -2.50. The number of hydrogen-bond donors (Lipinski definition) is 0. The van der Waals surface area contributed by atoms with E-state index in [9.17, 15) is 19.7 Å². The Bertz CT molecular complexity index is 681. The first-order valence-corrected chi connectivity index (χ1v) is 6.88. The van der Waals surface area contributed by atoms with Gasteiger partial charge in [0.15, 0.2) is 0 Å². The number of nitrogens with zero attached hydrogens (tertiary/aromatic N) is 2. The van der Waals surface area contributed by atoms with Crippen molar-refractivity contribution in [2.45, 2.75) is 6.42 Å². The van der Waals surface area contributed by atoms with Gasteiger partial charge >= 0.3 is 0 Å². The average molecular weight is 284 g/mol. The third-order valence-electron chi connectivity index (χ3n) is 4.77. The predicted octanol–water partition coefficient (Wildman–Crippen LogP) is 1.91. The first-order chi connectivity index (χ1) is 10.1. The molecule has 6 heteroatoms. The highest BCUT2D eigenvalue weighted by atomic mass is 16.6. The summed E-state index contributed by atoms with van der Waals surface area (Å²) in [6.07, 6.45) is 4.91. The molecule has 1 aromatic carbocycles. The van der Waals surface area contributed by atoms with Crippen LogP contribution in [0.5, 0.6) is 0 Å². The van der Waals surface area contributed by atoms with Gasteiger partial charge in [0.05, 0.1) is 22.4 Å². The Kier molecular flexibility index (Phi) is 2.34. The minimum Gasteiger partial charge on any atom is -0.274 e. The lowest BCUT2D eigenvalue weighted by Crippen LogP contribution is -2.32. The first-order valence-electron chi connectivity index (χ1n) is 6.88. The van der Waals surface area contributed by atoms with Crippen molar-refractivity contribution >= 4 is 23.2 Å². The summed E-state index contributed by atoms with van der Waals surface area (Å²) in [7, 11) is 0. The number of nitro groups is 1. The standard InChI is InChI=1S/C15H12N2O4/c18-14-12-8-4-5-9(6-8)13(12)15(19)16(14)10-2-1-3-11(7-10)17(20)21/h1-5,7-9,12-13H,6H2/t8-,9+,12+,13-. The molecule has 1 aromatic rings. The lowest BCUT2D eigenvalue weighted by atomic mass is 9.85. The molecule has 1 aliphatic heterocycles. The first kappa shape index (κ1) is 12.3. The summed E-state index contributed by atoms with van der Waals surface area (Å²) in [6, 6.07) is 5.70. The van der Waals surface area contributed by atoms with Crippen LogP contribution in [-0.4, -0.2) is 16.7 Å². The van der Waals surface area contributed by atoms with Gasteiger partial charge < -0.3 is 0 Å². The molecule has 3 aliphatic rings. The molecule has 1 saturated carbocycles. The molecule has 0 radical (unpaired) electrons. The number of imide groups is 1. The van der Waals surface area contributed by atoms with Gasteiger partial charge in [-0.25, -0.2) is 4.90 Å². The van der Waals surface area contributed by atoms with Crippen molar-refractivity contribution in [3.8, 4) is 0 Å². The summed E-state index contributed by atoms with van der Waals surface area (Å²) in [4.78, 5) is 36.6. The Morgan fingerprint density at radius 3 is 2.29 bits per heavy atom. The summed E-state index contributed by atoms with van der Waals surface area (Å²) < 4.78 is 0. The van der Waals surface area contributed by atoms with Crippen LogP contribution in [0.4, 0.5) is 11.4 Å². The Balaban J connectivity index is 1.74. The van der Waals surface area contributed by atoms with E-state index in [1.807, 2.05) is 12.2 Å². The molecule has 1 heterocycles. The fourth-order valence-corrected chi connectivity index (χ4v) is 3.90. The zero-order valence-corrected chi connectivity index (χ0v) is 11.0. The van der Waals surface area contributed by atoms with Gasteiger partial charge in [0, 0.05) is 12.1 Å². The van der Waals surface area contributed by atoms with E-state index in [0.29, 0.717) is 5.69 Å². The molecule has 2 bridgehead atoms. The summed E-state index contributed by atoms with van der Waals surface area (Å²) in [5.41, 5.74) is 0.180. The van der Waals surface area contributed by atoms with E-state index in [4.69, 9.17) is 0 Å². The summed E-state index contributed by atoms with van der Waals surface area (Å²) in [5, 5.41) is 10.8. The number of non-ortho nitro benzene ring substituents is 1. The van der Waals surface area contributed by atoms with Gasteiger partial charge in [0.25, 0.3) is 5.69 Å². The maximum atomic E-state index is 12.6. The quantitative estimate of drug-likeness (QED) is 0.359. The molecular formula is C15H12N2O4. The number of rotatable bonds is 2. The molecule has 6 nitrogen and oxygen atoms in total. The molecule has 106 valence electrons.